The summed E-state index contributed by atoms with van der Waals surface area (Å²) >= 11 is 0. The Morgan fingerprint density at radius 2 is 1.54 bits per heavy atom. The summed E-state index contributed by atoms with van der Waals surface area (Å²) in [7, 11) is 0. The van der Waals surface area contributed by atoms with Gasteiger partial charge in [0, 0.05) is 0 Å². The van der Waals surface area contributed by atoms with E-state index in [0.29, 0.717) is 5.41 Å². The second kappa shape index (κ2) is 7.32. The summed E-state index contributed by atoms with van der Waals surface area (Å²) in [6, 6.07) is 13.1. The van der Waals surface area contributed by atoms with Crippen molar-refractivity contribution in [2.45, 2.75) is 65.3 Å². The highest BCUT2D eigenvalue weighted by atomic mass is 16.3. The lowest BCUT2D eigenvalue weighted by Gasteiger charge is -2.37. The van der Waals surface area contributed by atoms with Crippen LogP contribution in [0.5, 0.6) is 0 Å². The predicted molar refractivity (Wildman–Crippen MR) is 111 cm³/mol. The average Bonchev–Trinajstić information content (AvgIpc) is 2.61. The normalized spacial score (nSPS) is 23.8. The first-order valence-corrected chi connectivity index (χ1v) is 10.1. The second-order valence-electron chi connectivity index (χ2n) is 9.76. The van der Waals surface area contributed by atoms with Gasteiger partial charge < -0.3 is 10.8 Å². The van der Waals surface area contributed by atoms with Gasteiger partial charge in [-0.2, -0.15) is 0 Å². The number of rotatable bonds is 4. The second-order valence-corrected chi connectivity index (χ2v) is 9.76. The van der Waals surface area contributed by atoms with Crippen LogP contribution in [0.3, 0.4) is 0 Å². The third kappa shape index (κ3) is 4.29. The molecule has 0 bridgehead atoms. The van der Waals surface area contributed by atoms with Crippen LogP contribution in [-0.2, 0) is 12.0 Å². The van der Waals surface area contributed by atoms with Crippen LogP contribution in [0.2, 0.25) is 0 Å². The van der Waals surface area contributed by atoms with Gasteiger partial charge in [-0.05, 0) is 84.2 Å². The molecule has 1 saturated carbocycles. The number of hydrogen-bond acceptors (Lipinski definition) is 2. The first-order valence-electron chi connectivity index (χ1n) is 10.1. The summed E-state index contributed by atoms with van der Waals surface area (Å²) in [5.74, 6) is 1.71. The molecule has 2 aromatic carbocycles. The zero-order valence-electron chi connectivity index (χ0n) is 16.9. The molecule has 0 saturated heterocycles. The van der Waals surface area contributed by atoms with E-state index in [2.05, 4.69) is 57.2 Å². The molecular formula is C24H35NO. The molecule has 1 unspecified atom stereocenters. The third-order valence-electron chi connectivity index (χ3n) is 6.49. The molecule has 0 amide bonds. The van der Waals surface area contributed by atoms with Crippen molar-refractivity contribution >= 4 is 10.8 Å². The Hall–Kier alpha value is -1.38. The van der Waals surface area contributed by atoms with Crippen LogP contribution >= 0.6 is 0 Å². The molecule has 1 atom stereocenters. The van der Waals surface area contributed by atoms with E-state index in [0.717, 1.165) is 17.4 Å². The Balaban J connectivity index is 1.69. The van der Waals surface area contributed by atoms with E-state index < -0.39 is 5.54 Å². The van der Waals surface area contributed by atoms with Crippen molar-refractivity contribution in [3.8, 4) is 0 Å². The van der Waals surface area contributed by atoms with E-state index in [9.17, 15) is 5.11 Å². The molecule has 1 fully saturated rings. The molecule has 0 heterocycles. The average molecular weight is 354 g/mol. The number of aliphatic hydroxyl groups is 1. The summed E-state index contributed by atoms with van der Waals surface area (Å²) in [6.07, 6.45) is 6.67. The maximum absolute atomic E-state index is 9.49. The van der Waals surface area contributed by atoms with Crippen LogP contribution in [0.1, 0.15) is 64.5 Å². The van der Waals surface area contributed by atoms with Gasteiger partial charge in [-0.3, -0.25) is 0 Å². The SMILES string of the molecule is CC(N)(CO)c1ccc2cc(CC3CCC(C(C)(C)C)CC3)ccc2c1. The minimum absolute atomic E-state index is 0.0478. The van der Waals surface area contributed by atoms with Gasteiger partial charge in [-0.15, -0.1) is 0 Å². The lowest BCUT2D eigenvalue weighted by Crippen LogP contribution is -2.36. The monoisotopic (exact) mass is 353 g/mol. The minimum atomic E-state index is -0.682. The summed E-state index contributed by atoms with van der Waals surface area (Å²) in [6.45, 7) is 8.99. The summed E-state index contributed by atoms with van der Waals surface area (Å²) in [5, 5.41) is 12.0. The molecule has 0 radical (unpaired) electrons. The molecule has 2 heteroatoms. The van der Waals surface area contributed by atoms with Crippen molar-refractivity contribution in [3.05, 3.63) is 47.5 Å². The predicted octanol–water partition coefficient (Wildman–Crippen LogP) is 5.40. The molecule has 3 N–H and O–H groups in total. The molecule has 2 aromatic rings. The fourth-order valence-electron chi connectivity index (χ4n) is 4.43. The van der Waals surface area contributed by atoms with E-state index in [1.54, 1.807) is 0 Å². The lowest BCUT2D eigenvalue weighted by atomic mass is 9.69. The molecule has 0 aromatic heterocycles. The standard InChI is InChI=1S/C24H35NO/c1-23(2,3)21-10-6-17(7-11-21)13-18-5-8-20-15-22(24(4,25)16-26)12-9-19(20)14-18/h5,8-9,12,14-15,17,21,26H,6-7,10-11,13,16,25H2,1-4H3. The van der Waals surface area contributed by atoms with Gasteiger partial charge in [0.15, 0.2) is 0 Å². The Kier molecular flexibility index (Phi) is 5.46. The molecule has 1 aliphatic carbocycles. The van der Waals surface area contributed by atoms with E-state index in [1.807, 2.05) is 6.92 Å². The smallest absolute Gasteiger partial charge is 0.0650 e. The quantitative estimate of drug-likeness (QED) is 0.773. The number of aliphatic hydroxyl groups excluding tert-OH is 1. The van der Waals surface area contributed by atoms with Crippen molar-refractivity contribution < 1.29 is 5.11 Å². The van der Waals surface area contributed by atoms with E-state index in [-0.39, 0.29) is 6.61 Å². The maximum atomic E-state index is 9.49. The van der Waals surface area contributed by atoms with E-state index in [4.69, 9.17) is 5.73 Å². The fourth-order valence-corrected chi connectivity index (χ4v) is 4.43. The number of benzene rings is 2. The minimum Gasteiger partial charge on any atom is -0.394 e. The van der Waals surface area contributed by atoms with Crippen LogP contribution < -0.4 is 5.73 Å². The Morgan fingerprint density at radius 3 is 2.15 bits per heavy atom. The highest BCUT2D eigenvalue weighted by Crippen LogP contribution is 2.40. The summed E-state index contributed by atoms with van der Waals surface area (Å²) in [4.78, 5) is 0. The molecule has 2 nitrogen and oxygen atoms in total. The first kappa shape index (κ1) is 19.4. The van der Waals surface area contributed by atoms with Gasteiger partial charge in [0.05, 0.1) is 12.1 Å². The molecule has 1 aliphatic rings. The van der Waals surface area contributed by atoms with Gasteiger partial charge in [0.1, 0.15) is 0 Å². The largest absolute Gasteiger partial charge is 0.394 e. The van der Waals surface area contributed by atoms with Crippen LogP contribution in [-0.4, -0.2) is 11.7 Å². The zero-order chi connectivity index (χ0) is 18.9. The molecular weight excluding hydrogens is 318 g/mol. The molecule has 3 rings (SSSR count). The summed E-state index contributed by atoms with van der Waals surface area (Å²) < 4.78 is 0. The molecule has 0 spiro atoms. The van der Waals surface area contributed by atoms with Crippen molar-refractivity contribution in [1.29, 1.82) is 0 Å². The topological polar surface area (TPSA) is 46.2 Å². The molecule has 0 aliphatic heterocycles. The first-order chi connectivity index (χ1) is 12.2. The Bertz CT molecular complexity index is 748. The fraction of sp³-hybridized carbons (Fsp3) is 0.583. The van der Waals surface area contributed by atoms with Crippen molar-refractivity contribution in [1.82, 2.24) is 0 Å². The number of hydrogen-bond donors (Lipinski definition) is 2. The van der Waals surface area contributed by atoms with Crippen LogP contribution in [0.25, 0.3) is 10.8 Å². The number of nitrogens with two attached hydrogens (primary N) is 1. The van der Waals surface area contributed by atoms with Gasteiger partial charge >= 0.3 is 0 Å². The third-order valence-corrected chi connectivity index (χ3v) is 6.49. The van der Waals surface area contributed by atoms with Gasteiger partial charge in [-0.1, -0.05) is 51.1 Å². The van der Waals surface area contributed by atoms with Crippen LogP contribution in [0.4, 0.5) is 0 Å². The van der Waals surface area contributed by atoms with Crippen molar-refractivity contribution in [3.63, 3.8) is 0 Å². The maximum Gasteiger partial charge on any atom is 0.0650 e. The molecule has 26 heavy (non-hydrogen) atoms. The van der Waals surface area contributed by atoms with Crippen LogP contribution in [0, 0.1) is 17.3 Å². The zero-order valence-corrected chi connectivity index (χ0v) is 16.9. The highest BCUT2D eigenvalue weighted by molar-refractivity contribution is 5.84. The van der Waals surface area contributed by atoms with Gasteiger partial charge in [-0.25, -0.2) is 0 Å². The molecule has 142 valence electrons. The van der Waals surface area contributed by atoms with E-state index in [1.165, 1.54) is 48.4 Å². The lowest BCUT2D eigenvalue weighted by molar-refractivity contribution is 0.150. The number of fused-ring (bicyclic) bond motifs is 1. The Morgan fingerprint density at radius 1 is 0.923 bits per heavy atom. The summed E-state index contributed by atoms with van der Waals surface area (Å²) in [5.41, 5.74) is 8.38. The van der Waals surface area contributed by atoms with Crippen molar-refractivity contribution in [2.24, 2.45) is 23.0 Å². The van der Waals surface area contributed by atoms with Crippen LogP contribution in [0.15, 0.2) is 36.4 Å². The van der Waals surface area contributed by atoms with E-state index >= 15 is 0 Å². The highest BCUT2D eigenvalue weighted by Gasteiger charge is 2.29. The van der Waals surface area contributed by atoms with Crippen molar-refractivity contribution in [2.75, 3.05) is 6.61 Å². The van der Waals surface area contributed by atoms with Gasteiger partial charge in [0.25, 0.3) is 0 Å². The Labute approximate surface area is 158 Å². The van der Waals surface area contributed by atoms with Gasteiger partial charge in [0.2, 0.25) is 0 Å².